The number of amides is 2. The standard InChI is InChI=1S/C28H24N4O4/c1-28-26(35-2)17(30-13-33)11-20(36-28)31-18-9-5-3-7-14(18)22-23-16(12-29-27(23)34)21-15-8-4-6-10-19(15)32(28)25(21)24(22)31/h3-10,13,17,20,26H,11-12H2,1-2H3,(H,29,34)(H,30,33)/t17-,20-,26-,28+/m1/s1. The third-order valence-corrected chi connectivity index (χ3v) is 8.51. The zero-order chi connectivity index (χ0) is 24.3. The molecule has 3 aliphatic heterocycles. The number of carbonyl (C=O) groups is 2. The van der Waals surface area contributed by atoms with Crippen molar-refractivity contribution >= 4 is 55.9 Å². The van der Waals surface area contributed by atoms with Crippen molar-refractivity contribution in [1.82, 2.24) is 19.8 Å². The van der Waals surface area contributed by atoms with Gasteiger partial charge in [0.2, 0.25) is 6.41 Å². The van der Waals surface area contributed by atoms with Gasteiger partial charge in [-0.2, -0.15) is 0 Å². The summed E-state index contributed by atoms with van der Waals surface area (Å²) in [5.74, 6) is -0.0405. The molecule has 180 valence electrons. The molecule has 2 N–H and O–H groups in total. The fourth-order valence-electron chi connectivity index (χ4n) is 7.31. The molecule has 2 bridgehead atoms. The Morgan fingerprint density at radius 1 is 1.08 bits per heavy atom. The van der Waals surface area contributed by atoms with Gasteiger partial charge in [0.1, 0.15) is 12.3 Å². The molecule has 5 aromatic rings. The van der Waals surface area contributed by atoms with Crippen LogP contribution in [0.25, 0.3) is 43.6 Å². The summed E-state index contributed by atoms with van der Waals surface area (Å²) in [6, 6.07) is 16.2. The lowest BCUT2D eigenvalue weighted by molar-refractivity contribution is -0.255. The molecule has 1 fully saturated rings. The summed E-state index contributed by atoms with van der Waals surface area (Å²) in [4.78, 5) is 25.0. The summed E-state index contributed by atoms with van der Waals surface area (Å²) in [5.41, 5.74) is 4.91. The normalized spacial score (nSPS) is 26.6. The second-order valence-electron chi connectivity index (χ2n) is 10.1. The molecule has 3 aliphatic rings. The summed E-state index contributed by atoms with van der Waals surface area (Å²) in [7, 11) is 1.67. The Labute approximate surface area is 205 Å². The Hall–Kier alpha value is -3.88. The Morgan fingerprint density at radius 2 is 1.81 bits per heavy atom. The number of para-hydroxylation sites is 2. The number of aromatic nitrogens is 2. The van der Waals surface area contributed by atoms with Crippen LogP contribution in [0.5, 0.6) is 0 Å². The second-order valence-corrected chi connectivity index (χ2v) is 10.1. The second kappa shape index (κ2) is 6.66. The molecule has 1 saturated heterocycles. The lowest BCUT2D eigenvalue weighted by Crippen LogP contribution is -2.60. The van der Waals surface area contributed by atoms with Crippen molar-refractivity contribution in [2.24, 2.45) is 0 Å². The van der Waals surface area contributed by atoms with E-state index in [4.69, 9.17) is 9.47 Å². The zero-order valence-electron chi connectivity index (χ0n) is 19.9. The van der Waals surface area contributed by atoms with Gasteiger partial charge in [-0.15, -0.1) is 0 Å². The van der Waals surface area contributed by atoms with Gasteiger partial charge in [-0.05, 0) is 24.6 Å². The molecule has 2 aromatic heterocycles. The molecule has 0 radical (unpaired) electrons. The first-order valence-electron chi connectivity index (χ1n) is 12.3. The Balaban J connectivity index is 1.69. The van der Waals surface area contributed by atoms with Crippen LogP contribution in [-0.4, -0.2) is 40.7 Å². The summed E-state index contributed by atoms with van der Waals surface area (Å²) < 4.78 is 17.6. The first kappa shape index (κ1) is 20.3. The topological polar surface area (TPSA) is 86.5 Å². The maximum atomic E-state index is 13.3. The predicted octanol–water partition coefficient (Wildman–Crippen LogP) is 3.88. The van der Waals surface area contributed by atoms with E-state index in [0.29, 0.717) is 13.0 Å². The van der Waals surface area contributed by atoms with E-state index in [0.717, 1.165) is 61.1 Å². The van der Waals surface area contributed by atoms with Crippen molar-refractivity contribution < 1.29 is 19.1 Å². The smallest absolute Gasteiger partial charge is 0.252 e. The minimum absolute atomic E-state index is 0.0405. The third-order valence-electron chi connectivity index (χ3n) is 8.51. The van der Waals surface area contributed by atoms with Gasteiger partial charge in [0.15, 0.2) is 5.72 Å². The highest BCUT2D eigenvalue weighted by Crippen LogP contribution is 2.53. The SMILES string of the molecule is CO[C@@H]1[C@H](NC=O)C[C@H]2O[C@]1(C)n1c3ccccc3c3c4c(c5c6ccccc6n2c5c31)C(=O)NC4. The van der Waals surface area contributed by atoms with Crippen LogP contribution in [0.3, 0.4) is 0 Å². The van der Waals surface area contributed by atoms with Gasteiger partial charge >= 0.3 is 0 Å². The van der Waals surface area contributed by atoms with E-state index in [-0.39, 0.29) is 18.2 Å². The van der Waals surface area contributed by atoms with Gasteiger partial charge in [0, 0.05) is 41.6 Å². The molecule has 0 saturated carbocycles. The number of carbonyl (C=O) groups excluding carboxylic acids is 2. The molecule has 4 atom stereocenters. The minimum atomic E-state index is -0.920. The van der Waals surface area contributed by atoms with Gasteiger partial charge in [0.05, 0.1) is 33.7 Å². The van der Waals surface area contributed by atoms with E-state index in [1.807, 2.05) is 24.3 Å². The van der Waals surface area contributed by atoms with Crippen LogP contribution in [0.15, 0.2) is 48.5 Å². The molecule has 0 unspecified atom stereocenters. The number of rotatable bonds is 3. The molecule has 8 heteroatoms. The minimum Gasteiger partial charge on any atom is -0.374 e. The summed E-state index contributed by atoms with van der Waals surface area (Å²) in [6.45, 7) is 2.54. The number of methoxy groups -OCH3 is 1. The van der Waals surface area contributed by atoms with Crippen LogP contribution in [-0.2, 0) is 26.5 Å². The number of nitrogens with one attached hydrogen (secondary N) is 2. The number of ether oxygens (including phenoxy) is 2. The van der Waals surface area contributed by atoms with Crippen LogP contribution >= 0.6 is 0 Å². The van der Waals surface area contributed by atoms with E-state index < -0.39 is 11.8 Å². The Bertz CT molecular complexity index is 1800. The van der Waals surface area contributed by atoms with Crippen molar-refractivity contribution in [3.8, 4) is 0 Å². The highest BCUT2D eigenvalue weighted by molar-refractivity contribution is 6.31. The van der Waals surface area contributed by atoms with Crippen LogP contribution < -0.4 is 10.6 Å². The number of nitrogens with zero attached hydrogens (tertiary/aromatic N) is 2. The Kier molecular flexibility index (Phi) is 3.76. The first-order chi connectivity index (χ1) is 17.6. The van der Waals surface area contributed by atoms with Crippen LogP contribution in [0.4, 0.5) is 0 Å². The molecule has 5 heterocycles. The number of hydrogen-bond donors (Lipinski definition) is 2. The molecular formula is C28H24N4O4. The summed E-state index contributed by atoms with van der Waals surface area (Å²) in [5, 5.41) is 10.2. The number of hydrogen-bond acceptors (Lipinski definition) is 4. The summed E-state index contributed by atoms with van der Waals surface area (Å²) >= 11 is 0. The fraction of sp³-hybridized carbons (Fsp3) is 0.286. The average Bonchev–Trinajstić information content (AvgIpc) is 3.52. The molecule has 0 spiro atoms. The van der Waals surface area contributed by atoms with Crippen LogP contribution in [0.1, 0.15) is 35.5 Å². The molecule has 0 aliphatic carbocycles. The van der Waals surface area contributed by atoms with Crippen molar-refractivity contribution in [3.63, 3.8) is 0 Å². The van der Waals surface area contributed by atoms with Crippen molar-refractivity contribution in [1.29, 1.82) is 0 Å². The molecule has 2 amide bonds. The summed E-state index contributed by atoms with van der Waals surface area (Å²) in [6.07, 6.45) is 0.479. The lowest BCUT2D eigenvalue weighted by atomic mass is 9.93. The highest BCUT2D eigenvalue weighted by atomic mass is 16.6. The largest absolute Gasteiger partial charge is 0.374 e. The predicted molar refractivity (Wildman–Crippen MR) is 136 cm³/mol. The van der Waals surface area contributed by atoms with E-state index in [1.165, 1.54) is 0 Å². The molecule has 36 heavy (non-hydrogen) atoms. The number of benzene rings is 3. The zero-order valence-corrected chi connectivity index (χ0v) is 19.9. The maximum absolute atomic E-state index is 13.3. The van der Waals surface area contributed by atoms with Gasteiger partial charge in [-0.1, -0.05) is 36.4 Å². The van der Waals surface area contributed by atoms with Crippen LogP contribution in [0.2, 0.25) is 0 Å². The first-order valence-corrected chi connectivity index (χ1v) is 12.3. The molecular weight excluding hydrogens is 456 g/mol. The van der Waals surface area contributed by atoms with Crippen molar-refractivity contribution in [2.75, 3.05) is 7.11 Å². The van der Waals surface area contributed by atoms with E-state index in [9.17, 15) is 9.59 Å². The van der Waals surface area contributed by atoms with Gasteiger partial charge < -0.3 is 29.2 Å². The monoisotopic (exact) mass is 480 g/mol. The number of fused-ring (bicyclic) bond motifs is 13. The van der Waals surface area contributed by atoms with E-state index >= 15 is 0 Å². The van der Waals surface area contributed by atoms with Crippen molar-refractivity contribution in [3.05, 3.63) is 59.7 Å². The molecule has 3 aromatic carbocycles. The van der Waals surface area contributed by atoms with E-state index in [2.05, 4.69) is 51.0 Å². The van der Waals surface area contributed by atoms with Gasteiger partial charge in [0.25, 0.3) is 5.91 Å². The Morgan fingerprint density at radius 3 is 2.56 bits per heavy atom. The molecule has 8 nitrogen and oxygen atoms in total. The average molecular weight is 481 g/mol. The third kappa shape index (κ3) is 2.15. The van der Waals surface area contributed by atoms with E-state index in [1.54, 1.807) is 7.11 Å². The fourth-order valence-corrected chi connectivity index (χ4v) is 7.31. The lowest BCUT2D eigenvalue weighted by Gasteiger charge is -2.48. The van der Waals surface area contributed by atoms with Crippen LogP contribution in [0, 0.1) is 0 Å². The van der Waals surface area contributed by atoms with Gasteiger partial charge in [-0.3, -0.25) is 9.59 Å². The molecule has 8 rings (SSSR count). The van der Waals surface area contributed by atoms with Gasteiger partial charge in [-0.25, -0.2) is 0 Å². The maximum Gasteiger partial charge on any atom is 0.252 e. The highest BCUT2D eigenvalue weighted by Gasteiger charge is 2.53. The van der Waals surface area contributed by atoms with Crippen molar-refractivity contribution in [2.45, 2.75) is 44.0 Å². The quantitative estimate of drug-likeness (QED) is 0.384.